The Morgan fingerprint density at radius 3 is 2.20 bits per heavy atom. The van der Waals surface area contributed by atoms with Crippen molar-refractivity contribution < 1.29 is 14.3 Å². The highest BCUT2D eigenvalue weighted by Gasteiger charge is 2.60. The lowest BCUT2D eigenvalue weighted by Gasteiger charge is -2.17. The summed E-state index contributed by atoms with van der Waals surface area (Å²) in [7, 11) is 0. The van der Waals surface area contributed by atoms with E-state index in [1.165, 1.54) is 4.90 Å². The molecule has 4 rings (SSSR count). The van der Waals surface area contributed by atoms with Gasteiger partial charge in [0.15, 0.2) is 6.73 Å². The van der Waals surface area contributed by atoms with Crippen LogP contribution in [0.3, 0.4) is 0 Å². The van der Waals surface area contributed by atoms with Gasteiger partial charge in [0.1, 0.15) is 5.75 Å². The summed E-state index contributed by atoms with van der Waals surface area (Å²) in [6, 6.07) is 9.24. The summed E-state index contributed by atoms with van der Waals surface area (Å²) in [4.78, 5) is 26.0. The number of nitrogens with zero attached hydrogens (tertiary/aromatic N) is 1. The number of hydrogen-bond donors (Lipinski definition) is 0. The van der Waals surface area contributed by atoms with E-state index in [9.17, 15) is 9.59 Å². The number of para-hydroxylation sites is 1. The quantitative estimate of drug-likeness (QED) is 0.627. The van der Waals surface area contributed by atoms with Gasteiger partial charge in [-0.05, 0) is 12.1 Å². The van der Waals surface area contributed by atoms with Gasteiger partial charge < -0.3 is 4.74 Å². The van der Waals surface area contributed by atoms with Gasteiger partial charge in [0.2, 0.25) is 11.8 Å². The predicted molar refractivity (Wildman–Crippen MR) is 75.1 cm³/mol. The fourth-order valence-corrected chi connectivity index (χ4v) is 4.78. The van der Waals surface area contributed by atoms with Gasteiger partial charge in [0.05, 0.1) is 11.8 Å². The molecule has 0 saturated carbocycles. The van der Waals surface area contributed by atoms with Crippen LogP contribution in [0.15, 0.2) is 42.5 Å². The number of benzene rings is 1. The number of ether oxygens (including phenoxy) is 1. The molecule has 4 nitrogen and oxygen atoms in total. The number of carbonyl (C=O) groups excluding carboxylic acids is 2. The van der Waals surface area contributed by atoms with Gasteiger partial charge in [-0.1, -0.05) is 30.4 Å². The number of hydrogen-bond acceptors (Lipinski definition) is 4. The Balaban J connectivity index is 1.51. The highest BCUT2D eigenvalue weighted by atomic mass is 32.2. The van der Waals surface area contributed by atoms with Crippen molar-refractivity contribution in [3.05, 3.63) is 42.5 Å². The van der Waals surface area contributed by atoms with Crippen molar-refractivity contribution in [1.82, 2.24) is 4.90 Å². The average Bonchev–Trinajstić information content (AvgIpc) is 3.13. The minimum atomic E-state index is -0.179. The van der Waals surface area contributed by atoms with Crippen LogP contribution in [-0.4, -0.2) is 33.9 Å². The molecule has 2 amide bonds. The third kappa shape index (κ3) is 1.62. The first-order chi connectivity index (χ1) is 9.75. The molecule has 3 aliphatic heterocycles. The highest BCUT2D eigenvalue weighted by molar-refractivity contribution is 8.01. The van der Waals surface area contributed by atoms with Crippen LogP contribution in [0.2, 0.25) is 0 Å². The van der Waals surface area contributed by atoms with Gasteiger partial charge in [-0.25, -0.2) is 4.90 Å². The normalized spacial score (nSPS) is 33.9. The van der Waals surface area contributed by atoms with Gasteiger partial charge in [-0.15, -0.1) is 11.8 Å². The molecular formula is C15H13NO3S. The van der Waals surface area contributed by atoms with Crippen molar-refractivity contribution >= 4 is 23.6 Å². The van der Waals surface area contributed by atoms with E-state index in [1.54, 1.807) is 11.8 Å². The predicted octanol–water partition coefficient (Wildman–Crippen LogP) is 1.68. The second-order valence-corrected chi connectivity index (χ2v) is 6.55. The largest absolute Gasteiger partial charge is 0.473 e. The second-order valence-electron chi connectivity index (χ2n) is 5.19. The minimum absolute atomic E-state index is 0.0127. The molecule has 0 radical (unpaired) electrons. The molecule has 5 heteroatoms. The molecule has 0 aliphatic carbocycles. The van der Waals surface area contributed by atoms with Gasteiger partial charge in [0, 0.05) is 10.5 Å². The average molecular weight is 287 g/mol. The first kappa shape index (κ1) is 12.0. The molecule has 3 heterocycles. The zero-order valence-corrected chi connectivity index (χ0v) is 11.5. The number of imide groups is 1. The molecule has 1 aromatic carbocycles. The van der Waals surface area contributed by atoms with Crippen molar-refractivity contribution in [2.45, 2.75) is 10.5 Å². The summed E-state index contributed by atoms with van der Waals surface area (Å²) in [6.07, 6.45) is 4.12. The maximum atomic E-state index is 12.4. The first-order valence-electron chi connectivity index (χ1n) is 6.62. The topological polar surface area (TPSA) is 46.6 Å². The molecular weight excluding hydrogens is 274 g/mol. The van der Waals surface area contributed by atoms with Crippen molar-refractivity contribution in [2.75, 3.05) is 6.73 Å². The van der Waals surface area contributed by atoms with Crippen LogP contribution in [0, 0.1) is 11.8 Å². The van der Waals surface area contributed by atoms with E-state index in [2.05, 4.69) is 12.2 Å². The smallest absolute Gasteiger partial charge is 0.237 e. The third-order valence-corrected chi connectivity index (χ3v) is 5.63. The van der Waals surface area contributed by atoms with Crippen molar-refractivity contribution in [3.63, 3.8) is 0 Å². The summed E-state index contributed by atoms with van der Waals surface area (Å²) < 4.78 is 5.54. The fourth-order valence-electron chi connectivity index (χ4n) is 3.15. The Morgan fingerprint density at radius 2 is 1.60 bits per heavy atom. The second kappa shape index (κ2) is 4.38. The number of thioether (sulfide) groups is 1. The molecule has 2 fully saturated rings. The summed E-state index contributed by atoms with van der Waals surface area (Å²) >= 11 is 1.73. The molecule has 0 aromatic heterocycles. The number of likely N-dealkylation sites (tertiary alicyclic amines) is 1. The number of rotatable bonds is 3. The first-order valence-corrected chi connectivity index (χ1v) is 7.57. The molecule has 4 unspecified atom stereocenters. The number of fused-ring (bicyclic) bond motifs is 5. The maximum absolute atomic E-state index is 12.4. The van der Waals surface area contributed by atoms with Crippen molar-refractivity contribution in [3.8, 4) is 5.75 Å². The molecule has 3 aliphatic rings. The third-order valence-electron chi connectivity index (χ3n) is 4.11. The Morgan fingerprint density at radius 1 is 1.00 bits per heavy atom. The zero-order valence-electron chi connectivity index (χ0n) is 10.6. The van der Waals surface area contributed by atoms with Gasteiger partial charge in [-0.3, -0.25) is 9.59 Å². The van der Waals surface area contributed by atoms with Crippen molar-refractivity contribution in [2.24, 2.45) is 11.8 Å². The SMILES string of the molecule is O=C1C2C3C=CC(S3)C2C(=O)N1COc1ccccc1. The lowest BCUT2D eigenvalue weighted by molar-refractivity contribution is -0.143. The van der Waals surface area contributed by atoms with Crippen LogP contribution in [-0.2, 0) is 9.59 Å². The van der Waals surface area contributed by atoms with Crippen molar-refractivity contribution in [1.29, 1.82) is 0 Å². The molecule has 2 saturated heterocycles. The van der Waals surface area contributed by atoms with Crippen LogP contribution in [0.25, 0.3) is 0 Å². The Hall–Kier alpha value is -1.75. The Kier molecular flexibility index (Phi) is 2.63. The van der Waals surface area contributed by atoms with Gasteiger partial charge in [0.25, 0.3) is 0 Å². The minimum Gasteiger partial charge on any atom is -0.473 e. The van der Waals surface area contributed by atoms with E-state index in [1.807, 2.05) is 30.3 Å². The summed E-state index contributed by atoms with van der Waals surface area (Å²) in [6.45, 7) is 0.0127. The van der Waals surface area contributed by atoms with E-state index in [-0.39, 0.29) is 40.9 Å². The van der Waals surface area contributed by atoms with E-state index >= 15 is 0 Å². The molecule has 0 N–H and O–H groups in total. The van der Waals surface area contributed by atoms with Crippen LogP contribution in [0.1, 0.15) is 0 Å². The standard InChI is InChI=1S/C15H13NO3S/c17-14-12-10-6-7-11(20-10)13(12)15(18)16(14)8-19-9-4-2-1-3-5-9/h1-7,10-13H,8H2. The summed E-state index contributed by atoms with van der Waals surface area (Å²) in [5.74, 6) is 0.143. The number of carbonyl (C=O) groups is 2. The van der Waals surface area contributed by atoms with E-state index < -0.39 is 0 Å². The van der Waals surface area contributed by atoms with Crippen LogP contribution in [0.4, 0.5) is 0 Å². The molecule has 2 bridgehead atoms. The van der Waals surface area contributed by atoms with Gasteiger partial charge >= 0.3 is 0 Å². The summed E-state index contributed by atoms with van der Waals surface area (Å²) in [5, 5.41) is 0.339. The lowest BCUT2D eigenvalue weighted by atomic mass is 9.85. The fraction of sp³-hybridized carbons (Fsp3) is 0.333. The monoisotopic (exact) mass is 287 g/mol. The van der Waals surface area contributed by atoms with E-state index in [4.69, 9.17) is 4.74 Å². The molecule has 1 aromatic rings. The summed E-state index contributed by atoms with van der Waals surface area (Å²) in [5.41, 5.74) is 0. The molecule has 4 atom stereocenters. The van der Waals surface area contributed by atoms with E-state index in [0.29, 0.717) is 5.75 Å². The molecule has 102 valence electrons. The maximum Gasteiger partial charge on any atom is 0.237 e. The van der Waals surface area contributed by atoms with Crippen LogP contribution < -0.4 is 4.74 Å². The number of amides is 2. The van der Waals surface area contributed by atoms with Crippen LogP contribution >= 0.6 is 11.8 Å². The Bertz CT molecular complexity index is 570. The van der Waals surface area contributed by atoms with Crippen LogP contribution in [0.5, 0.6) is 5.75 Å². The molecule has 20 heavy (non-hydrogen) atoms. The van der Waals surface area contributed by atoms with E-state index in [0.717, 1.165) is 0 Å². The molecule has 0 spiro atoms. The van der Waals surface area contributed by atoms with Gasteiger partial charge in [-0.2, -0.15) is 0 Å². The highest BCUT2D eigenvalue weighted by Crippen LogP contribution is 2.53. The lowest BCUT2D eigenvalue weighted by Crippen LogP contribution is -2.36. The Labute approximate surface area is 120 Å². The zero-order chi connectivity index (χ0) is 13.7.